The molecule has 0 atom stereocenters. The zero-order valence-corrected chi connectivity index (χ0v) is 13.1. The van der Waals surface area contributed by atoms with Gasteiger partial charge in [0.2, 0.25) is 0 Å². The average molecular weight is 276 g/mol. The van der Waals surface area contributed by atoms with Crippen LogP contribution in [0.1, 0.15) is 25.3 Å². The first kappa shape index (κ1) is 15.3. The van der Waals surface area contributed by atoms with Crippen molar-refractivity contribution in [3.05, 3.63) is 23.9 Å². The molecule has 0 aromatic carbocycles. The van der Waals surface area contributed by atoms with E-state index in [2.05, 4.69) is 53.3 Å². The third kappa shape index (κ3) is 4.46. The van der Waals surface area contributed by atoms with Crippen molar-refractivity contribution in [3.63, 3.8) is 0 Å². The van der Waals surface area contributed by atoms with Crippen molar-refractivity contribution in [3.8, 4) is 0 Å². The molecular formula is C16H28N4. The Labute approximate surface area is 123 Å². The summed E-state index contributed by atoms with van der Waals surface area (Å²) in [4.78, 5) is 9.31. The quantitative estimate of drug-likeness (QED) is 0.861. The molecule has 0 amide bonds. The lowest BCUT2D eigenvalue weighted by molar-refractivity contribution is 0.222. The van der Waals surface area contributed by atoms with E-state index in [9.17, 15) is 0 Å². The molecule has 4 heteroatoms. The minimum absolute atomic E-state index is 0.805. The predicted molar refractivity (Wildman–Crippen MR) is 85.1 cm³/mol. The Bertz CT molecular complexity index is 382. The molecule has 1 aliphatic rings. The second kappa shape index (κ2) is 7.60. The molecule has 2 heterocycles. The van der Waals surface area contributed by atoms with Crippen LogP contribution >= 0.6 is 0 Å². The molecule has 0 radical (unpaired) electrons. The smallest absolute Gasteiger partial charge is 0.128 e. The summed E-state index contributed by atoms with van der Waals surface area (Å²) in [6.45, 7) is 7.60. The van der Waals surface area contributed by atoms with Crippen molar-refractivity contribution >= 4 is 5.82 Å². The second-order valence-corrected chi connectivity index (χ2v) is 5.93. The van der Waals surface area contributed by atoms with Gasteiger partial charge < -0.3 is 15.1 Å². The van der Waals surface area contributed by atoms with Crippen LogP contribution in [0, 0.1) is 5.92 Å². The van der Waals surface area contributed by atoms with E-state index in [1.807, 2.05) is 6.20 Å². The lowest BCUT2D eigenvalue weighted by atomic mass is 9.97. The van der Waals surface area contributed by atoms with Crippen LogP contribution in [-0.2, 0) is 6.54 Å². The van der Waals surface area contributed by atoms with Crippen molar-refractivity contribution in [2.75, 3.05) is 45.2 Å². The van der Waals surface area contributed by atoms with Gasteiger partial charge in [-0.2, -0.15) is 0 Å². The highest BCUT2D eigenvalue weighted by atomic mass is 15.2. The molecule has 0 unspecified atom stereocenters. The third-order valence-electron chi connectivity index (χ3n) is 4.15. The van der Waals surface area contributed by atoms with Gasteiger partial charge in [0.1, 0.15) is 5.82 Å². The Balaban J connectivity index is 1.84. The largest absolute Gasteiger partial charge is 0.359 e. The molecular weight excluding hydrogens is 248 g/mol. The summed E-state index contributed by atoms with van der Waals surface area (Å²) in [6.07, 6.45) is 4.60. The highest BCUT2D eigenvalue weighted by Crippen LogP contribution is 2.19. The number of nitrogens with one attached hydrogen (secondary N) is 1. The Kier molecular flexibility index (Phi) is 5.80. The first-order valence-corrected chi connectivity index (χ1v) is 7.74. The summed E-state index contributed by atoms with van der Waals surface area (Å²) in [5, 5.41) is 3.32. The lowest BCUT2D eigenvalue weighted by Crippen LogP contribution is -2.35. The van der Waals surface area contributed by atoms with Crippen LogP contribution in [0.25, 0.3) is 0 Å². The molecule has 0 aliphatic carbocycles. The number of nitrogens with zero attached hydrogens (tertiary/aromatic N) is 3. The maximum absolute atomic E-state index is 4.59. The number of rotatable bonds is 6. The second-order valence-electron chi connectivity index (χ2n) is 5.93. The van der Waals surface area contributed by atoms with Gasteiger partial charge in [-0.15, -0.1) is 0 Å². The fourth-order valence-electron chi connectivity index (χ4n) is 2.74. The summed E-state index contributed by atoms with van der Waals surface area (Å²) in [5.74, 6) is 1.89. The topological polar surface area (TPSA) is 31.4 Å². The van der Waals surface area contributed by atoms with Gasteiger partial charge in [-0.05, 0) is 57.1 Å². The summed E-state index contributed by atoms with van der Waals surface area (Å²) in [7, 11) is 4.37. The zero-order valence-electron chi connectivity index (χ0n) is 13.1. The zero-order chi connectivity index (χ0) is 14.4. The molecule has 1 aromatic heterocycles. The van der Waals surface area contributed by atoms with E-state index in [4.69, 9.17) is 0 Å². The van der Waals surface area contributed by atoms with Crippen LogP contribution < -0.4 is 10.2 Å². The van der Waals surface area contributed by atoms with Gasteiger partial charge in [0, 0.05) is 26.3 Å². The van der Waals surface area contributed by atoms with Crippen molar-refractivity contribution in [1.29, 1.82) is 0 Å². The van der Waals surface area contributed by atoms with Gasteiger partial charge in [-0.1, -0.05) is 13.0 Å². The van der Waals surface area contributed by atoms with Crippen molar-refractivity contribution in [2.45, 2.75) is 26.3 Å². The van der Waals surface area contributed by atoms with Crippen LogP contribution in [0.15, 0.2) is 18.3 Å². The molecule has 0 saturated carbocycles. The molecule has 2 rings (SSSR count). The van der Waals surface area contributed by atoms with E-state index in [-0.39, 0.29) is 0 Å². The Morgan fingerprint density at radius 3 is 2.70 bits per heavy atom. The predicted octanol–water partition coefficient (Wildman–Crippen LogP) is 1.97. The number of anilines is 1. The summed E-state index contributed by atoms with van der Waals surface area (Å²) >= 11 is 0. The van der Waals surface area contributed by atoms with Gasteiger partial charge in [0.25, 0.3) is 0 Å². The molecule has 1 N–H and O–H groups in total. The van der Waals surface area contributed by atoms with Crippen molar-refractivity contribution < 1.29 is 0 Å². The van der Waals surface area contributed by atoms with Gasteiger partial charge in [-0.3, -0.25) is 0 Å². The normalized spacial score (nSPS) is 17.4. The minimum Gasteiger partial charge on any atom is -0.359 e. The van der Waals surface area contributed by atoms with Crippen LogP contribution in [0.4, 0.5) is 5.82 Å². The number of pyridine rings is 1. The summed E-state index contributed by atoms with van der Waals surface area (Å²) in [5.41, 5.74) is 1.25. The molecule has 20 heavy (non-hydrogen) atoms. The standard InChI is InChI=1S/C16H28N4/c1-4-17-11-15-5-6-16(18-12-15)20(3)13-14-7-9-19(2)10-8-14/h5-6,12,14,17H,4,7-11,13H2,1-3H3. The van der Waals surface area contributed by atoms with Gasteiger partial charge in [-0.25, -0.2) is 4.98 Å². The highest BCUT2D eigenvalue weighted by molar-refractivity contribution is 5.38. The number of piperidine rings is 1. The first-order chi connectivity index (χ1) is 9.69. The molecule has 4 nitrogen and oxygen atoms in total. The molecule has 1 fully saturated rings. The fraction of sp³-hybridized carbons (Fsp3) is 0.688. The van der Waals surface area contributed by atoms with Crippen LogP contribution in [-0.4, -0.2) is 50.2 Å². The highest BCUT2D eigenvalue weighted by Gasteiger charge is 2.18. The lowest BCUT2D eigenvalue weighted by Gasteiger charge is -2.32. The van der Waals surface area contributed by atoms with Crippen LogP contribution in [0.5, 0.6) is 0 Å². The molecule has 1 aromatic rings. The number of hydrogen-bond donors (Lipinski definition) is 1. The molecule has 0 spiro atoms. The Morgan fingerprint density at radius 1 is 1.35 bits per heavy atom. The number of likely N-dealkylation sites (tertiary alicyclic amines) is 1. The number of aromatic nitrogens is 1. The van der Waals surface area contributed by atoms with Gasteiger partial charge in [0.05, 0.1) is 0 Å². The van der Waals surface area contributed by atoms with E-state index >= 15 is 0 Å². The molecule has 112 valence electrons. The van der Waals surface area contributed by atoms with Gasteiger partial charge in [0.15, 0.2) is 0 Å². The van der Waals surface area contributed by atoms with Gasteiger partial charge >= 0.3 is 0 Å². The van der Waals surface area contributed by atoms with E-state index in [1.54, 1.807) is 0 Å². The average Bonchev–Trinajstić information content (AvgIpc) is 2.48. The van der Waals surface area contributed by atoms with E-state index in [0.717, 1.165) is 31.4 Å². The third-order valence-corrected chi connectivity index (χ3v) is 4.15. The monoisotopic (exact) mass is 276 g/mol. The first-order valence-electron chi connectivity index (χ1n) is 7.74. The maximum atomic E-state index is 4.59. The molecule has 0 bridgehead atoms. The van der Waals surface area contributed by atoms with E-state index in [0.29, 0.717) is 0 Å². The SMILES string of the molecule is CCNCc1ccc(N(C)CC2CCN(C)CC2)nc1. The summed E-state index contributed by atoms with van der Waals surface area (Å²) in [6, 6.07) is 4.32. The molecule has 1 saturated heterocycles. The summed E-state index contributed by atoms with van der Waals surface area (Å²) < 4.78 is 0. The number of hydrogen-bond acceptors (Lipinski definition) is 4. The Hall–Kier alpha value is -1.13. The van der Waals surface area contributed by atoms with Crippen LogP contribution in [0.2, 0.25) is 0 Å². The minimum atomic E-state index is 0.805. The van der Waals surface area contributed by atoms with E-state index in [1.165, 1.54) is 31.5 Å². The van der Waals surface area contributed by atoms with Crippen LogP contribution in [0.3, 0.4) is 0 Å². The fourth-order valence-corrected chi connectivity index (χ4v) is 2.74. The van der Waals surface area contributed by atoms with Crippen molar-refractivity contribution in [1.82, 2.24) is 15.2 Å². The Morgan fingerprint density at radius 2 is 2.10 bits per heavy atom. The maximum Gasteiger partial charge on any atom is 0.128 e. The molecule has 1 aliphatic heterocycles. The van der Waals surface area contributed by atoms with Crippen molar-refractivity contribution in [2.24, 2.45) is 5.92 Å². The van der Waals surface area contributed by atoms with E-state index < -0.39 is 0 Å².